The van der Waals surface area contributed by atoms with Crippen LogP contribution in [0.2, 0.25) is 0 Å². The van der Waals surface area contributed by atoms with Crippen LogP contribution >= 0.6 is 0 Å². The standard InChI is InChI=1S/C9H16O3/c1-3-5-6-7-8-12-9(10)11-4-2/h3H,1,4-8H2,2H3. The summed E-state index contributed by atoms with van der Waals surface area (Å²) in [6, 6.07) is 0. The van der Waals surface area contributed by atoms with E-state index in [0.29, 0.717) is 13.2 Å². The Morgan fingerprint density at radius 3 is 2.75 bits per heavy atom. The van der Waals surface area contributed by atoms with Gasteiger partial charge in [0, 0.05) is 0 Å². The third-order valence-electron chi connectivity index (χ3n) is 1.28. The lowest BCUT2D eigenvalue weighted by Crippen LogP contribution is -2.07. The fourth-order valence-electron chi connectivity index (χ4n) is 0.706. The fraction of sp³-hybridized carbons (Fsp3) is 0.667. The van der Waals surface area contributed by atoms with Crippen LogP contribution in [0.1, 0.15) is 26.2 Å². The van der Waals surface area contributed by atoms with Crippen molar-refractivity contribution >= 4 is 6.16 Å². The van der Waals surface area contributed by atoms with Gasteiger partial charge in [0.1, 0.15) is 0 Å². The van der Waals surface area contributed by atoms with Gasteiger partial charge in [0.15, 0.2) is 0 Å². The Balaban J connectivity index is 3.08. The summed E-state index contributed by atoms with van der Waals surface area (Å²) in [6.45, 7) is 6.14. The molecule has 0 aliphatic heterocycles. The van der Waals surface area contributed by atoms with Crippen LogP contribution in [0.4, 0.5) is 4.79 Å². The molecule has 0 aromatic carbocycles. The van der Waals surface area contributed by atoms with Crippen LogP contribution in [-0.2, 0) is 9.47 Å². The summed E-state index contributed by atoms with van der Waals surface area (Å²) in [5.41, 5.74) is 0. The van der Waals surface area contributed by atoms with Gasteiger partial charge in [-0.2, -0.15) is 0 Å². The van der Waals surface area contributed by atoms with Gasteiger partial charge >= 0.3 is 6.16 Å². The Labute approximate surface area is 73.4 Å². The third kappa shape index (κ3) is 7.12. The molecule has 0 amide bonds. The van der Waals surface area contributed by atoms with Crippen LogP contribution in [0.15, 0.2) is 12.7 Å². The van der Waals surface area contributed by atoms with E-state index in [1.807, 2.05) is 6.08 Å². The zero-order chi connectivity index (χ0) is 9.23. The minimum Gasteiger partial charge on any atom is -0.435 e. The average Bonchev–Trinajstić information content (AvgIpc) is 2.05. The van der Waals surface area contributed by atoms with Crippen molar-refractivity contribution in [2.24, 2.45) is 0 Å². The molecule has 0 radical (unpaired) electrons. The van der Waals surface area contributed by atoms with Crippen molar-refractivity contribution < 1.29 is 14.3 Å². The number of allylic oxidation sites excluding steroid dienone is 1. The molecule has 0 saturated heterocycles. The molecule has 0 fully saturated rings. The molecule has 0 rings (SSSR count). The Morgan fingerprint density at radius 2 is 2.17 bits per heavy atom. The van der Waals surface area contributed by atoms with Crippen LogP contribution in [0.5, 0.6) is 0 Å². The van der Waals surface area contributed by atoms with Crippen LogP contribution in [0.3, 0.4) is 0 Å². The van der Waals surface area contributed by atoms with Gasteiger partial charge in [0.05, 0.1) is 13.2 Å². The second-order valence-electron chi connectivity index (χ2n) is 2.32. The maximum atomic E-state index is 10.6. The van der Waals surface area contributed by atoms with E-state index in [2.05, 4.69) is 11.3 Å². The number of carbonyl (C=O) groups is 1. The summed E-state index contributed by atoms with van der Waals surface area (Å²) in [5.74, 6) is 0. The molecule has 0 unspecified atom stereocenters. The summed E-state index contributed by atoms with van der Waals surface area (Å²) < 4.78 is 9.30. The summed E-state index contributed by atoms with van der Waals surface area (Å²) in [5, 5.41) is 0. The smallest absolute Gasteiger partial charge is 0.435 e. The molecule has 0 atom stereocenters. The Kier molecular flexibility index (Phi) is 7.44. The largest absolute Gasteiger partial charge is 0.508 e. The predicted octanol–water partition coefficient (Wildman–Crippen LogP) is 2.52. The van der Waals surface area contributed by atoms with Crippen LogP contribution in [0, 0.1) is 0 Å². The van der Waals surface area contributed by atoms with Gasteiger partial charge in [-0.1, -0.05) is 6.08 Å². The lowest BCUT2D eigenvalue weighted by molar-refractivity contribution is 0.0580. The monoisotopic (exact) mass is 172 g/mol. The number of unbranched alkanes of at least 4 members (excludes halogenated alkanes) is 2. The molecule has 0 aromatic heterocycles. The van der Waals surface area contributed by atoms with Gasteiger partial charge in [0.25, 0.3) is 0 Å². The molecule has 0 saturated carbocycles. The molecule has 3 nitrogen and oxygen atoms in total. The summed E-state index contributed by atoms with van der Waals surface area (Å²) in [4.78, 5) is 10.6. The molecule has 0 bridgehead atoms. The molecule has 0 aliphatic carbocycles. The van der Waals surface area contributed by atoms with Gasteiger partial charge in [-0.15, -0.1) is 6.58 Å². The fourth-order valence-corrected chi connectivity index (χ4v) is 0.706. The molecule has 0 heterocycles. The number of rotatable bonds is 6. The van der Waals surface area contributed by atoms with E-state index >= 15 is 0 Å². The van der Waals surface area contributed by atoms with E-state index in [0.717, 1.165) is 19.3 Å². The average molecular weight is 172 g/mol. The van der Waals surface area contributed by atoms with Crippen molar-refractivity contribution in [1.29, 1.82) is 0 Å². The number of hydrogen-bond donors (Lipinski definition) is 0. The van der Waals surface area contributed by atoms with E-state index in [4.69, 9.17) is 4.74 Å². The van der Waals surface area contributed by atoms with Crippen molar-refractivity contribution in [2.45, 2.75) is 26.2 Å². The lowest BCUT2D eigenvalue weighted by Gasteiger charge is -2.02. The predicted molar refractivity (Wildman–Crippen MR) is 47.0 cm³/mol. The van der Waals surface area contributed by atoms with E-state index < -0.39 is 6.16 Å². The van der Waals surface area contributed by atoms with Crippen molar-refractivity contribution in [3.63, 3.8) is 0 Å². The molecule has 12 heavy (non-hydrogen) atoms. The molecule has 3 heteroatoms. The summed E-state index contributed by atoms with van der Waals surface area (Å²) in [6.07, 6.45) is 4.11. The number of ether oxygens (including phenoxy) is 2. The van der Waals surface area contributed by atoms with Gasteiger partial charge in [0.2, 0.25) is 0 Å². The molecule has 0 spiro atoms. The minimum atomic E-state index is -0.573. The van der Waals surface area contributed by atoms with Crippen LogP contribution in [0.25, 0.3) is 0 Å². The molecular formula is C9H16O3. The topological polar surface area (TPSA) is 35.5 Å². The number of hydrogen-bond acceptors (Lipinski definition) is 3. The Hall–Kier alpha value is -0.990. The SMILES string of the molecule is C=CCCCCOC(=O)OCC. The Morgan fingerprint density at radius 1 is 1.42 bits per heavy atom. The molecule has 0 N–H and O–H groups in total. The lowest BCUT2D eigenvalue weighted by atomic mass is 10.2. The molecule has 0 aliphatic rings. The summed E-state index contributed by atoms with van der Waals surface area (Å²) in [7, 11) is 0. The second-order valence-corrected chi connectivity index (χ2v) is 2.32. The first-order valence-corrected chi connectivity index (χ1v) is 4.21. The zero-order valence-corrected chi connectivity index (χ0v) is 7.54. The van der Waals surface area contributed by atoms with Crippen molar-refractivity contribution in [1.82, 2.24) is 0 Å². The van der Waals surface area contributed by atoms with Gasteiger partial charge < -0.3 is 9.47 Å². The van der Waals surface area contributed by atoms with Gasteiger partial charge in [-0.3, -0.25) is 0 Å². The van der Waals surface area contributed by atoms with Crippen molar-refractivity contribution in [3.8, 4) is 0 Å². The molecule has 0 aromatic rings. The minimum absolute atomic E-state index is 0.367. The highest BCUT2D eigenvalue weighted by Crippen LogP contribution is 1.96. The molecular weight excluding hydrogens is 156 g/mol. The van der Waals surface area contributed by atoms with E-state index in [-0.39, 0.29) is 0 Å². The Bertz CT molecular complexity index is 132. The first kappa shape index (κ1) is 11.0. The van der Waals surface area contributed by atoms with Gasteiger partial charge in [-0.25, -0.2) is 4.79 Å². The van der Waals surface area contributed by atoms with E-state index in [9.17, 15) is 4.79 Å². The summed E-state index contributed by atoms with van der Waals surface area (Å²) >= 11 is 0. The highest BCUT2D eigenvalue weighted by Gasteiger charge is 1.99. The van der Waals surface area contributed by atoms with Crippen LogP contribution in [-0.4, -0.2) is 19.4 Å². The third-order valence-corrected chi connectivity index (χ3v) is 1.28. The van der Waals surface area contributed by atoms with Crippen molar-refractivity contribution in [3.05, 3.63) is 12.7 Å². The maximum absolute atomic E-state index is 10.6. The first-order valence-electron chi connectivity index (χ1n) is 4.21. The normalized spacial score (nSPS) is 9.08. The molecule has 70 valence electrons. The van der Waals surface area contributed by atoms with E-state index in [1.54, 1.807) is 6.92 Å². The first-order chi connectivity index (χ1) is 5.81. The van der Waals surface area contributed by atoms with Crippen molar-refractivity contribution in [2.75, 3.05) is 13.2 Å². The van der Waals surface area contributed by atoms with Crippen LogP contribution < -0.4 is 0 Å². The number of carbonyl (C=O) groups excluding carboxylic acids is 1. The quantitative estimate of drug-likeness (QED) is 0.351. The maximum Gasteiger partial charge on any atom is 0.508 e. The highest BCUT2D eigenvalue weighted by atomic mass is 16.7. The zero-order valence-electron chi connectivity index (χ0n) is 7.54. The van der Waals surface area contributed by atoms with E-state index in [1.165, 1.54) is 0 Å². The second kappa shape index (κ2) is 8.11. The highest BCUT2D eigenvalue weighted by molar-refractivity contribution is 5.59. The van der Waals surface area contributed by atoms with Gasteiger partial charge in [-0.05, 0) is 26.2 Å².